The van der Waals surface area contributed by atoms with Crippen LogP contribution in [0.4, 0.5) is 0 Å². The van der Waals surface area contributed by atoms with Crippen molar-refractivity contribution in [3.63, 3.8) is 0 Å². The van der Waals surface area contributed by atoms with Gasteiger partial charge in [-0.15, -0.1) is 5.06 Å². The Morgan fingerprint density at radius 1 is 1.31 bits per heavy atom. The van der Waals surface area contributed by atoms with Crippen LogP contribution in [-0.2, 0) is 0 Å². The highest BCUT2D eigenvalue weighted by Crippen LogP contribution is 2.26. The zero-order chi connectivity index (χ0) is 11.9. The fourth-order valence-electron chi connectivity index (χ4n) is 2.11. The third-order valence-corrected chi connectivity index (χ3v) is 3.11. The highest BCUT2D eigenvalue weighted by molar-refractivity contribution is 6.01. The van der Waals surface area contributed by atoms with Gasteiger partial charge in [0.25, 0.3) is 0 Å². The highest BCUT2D eigenvalue weighted by Gasteiger charge is 2.49. The molecule has 4 heteroatoms. The van der Waals surface area contributed by atoms with Crippen LogP contribution in [0.25, 0.3) is 0 Å². The van der Waals surface area contributed by atoms with Gasteiger partial charge in [0.1, 0.15) is 6.04 Å². The van der Waals surface area contributed by atoms with E-state index in [1.165, 1.54) is 0 Å². The molecule has 16 heavy (non-hydrogen) atoms. The topological polar surface area (TPSA) is 49.5 Å². The van der Waals surface area contributed by atoms with E-state index >= 15 is 0 Å². The standard InChI is InChI=1S/C12H16N2O2/c1-9-11(10-7-5-4-6-8-10)14(16)12(2,3)13(9)15/h4-9,15H,1-3H3/t9-/m1/s1. The quantitative estimate of drug-likeness (QED) is 0.580. The lowest BCUT2D eigenvalue weighted by Gasteiger charge is -2.24. The van der Waals surface area contributed by atoms with Crippen LogP contribution < -0.4 is 0 Å². The summed E-state index contributed by atoms with van der Waals surface area (Å²) in [4.78, 5) is 0. The Kier molecular flexibility index (Phi) is 2.48. The number of benzene rings is 1. The second kappa shape index (κ2) is 3.57. The Bertz CT molecular complexity index is 426. The molecule has 4 nitrogen and oxygen atoms in total. The van der Waals surface area contributed by atoms with E-state index in [9.17, 15) is 10.4 Å². The summed E-state index contributed by atoms with van der Waals surface area (Å²) >= 11 is 0. The van der Waals surface area contributed by atoms with Gasteiger partial charge < -0.3 is 10.4 Å². The first kappa shape index (κ1) is 11.1. The summed E-state index contributed by atoms with van der Waals surface area (Å²) in [6, 6.07) is 9.14. The van der Waals surface area contributed by atoms with Crippen LogP contribution in [0.2, 0.25) is 0 Å². The zero-order valence-corrected chi connectivity index (χ0v) is 9.71. The van der Waals surface area contributed by atoms with Gasteiger partial charge in [-0.3, -0.25) is 0 Å². The molecule has 0 radical (unpaired) electrons. The molecule has 0 saturated carbocycles. The summed E-state index contributed by atoms with van der Waals surface area (Å²) in [7, 11) is 0. The van der Waals surface area contributed by atoms with E-state index in [-0.39, 0.29) is 6.04 Å². The minimum Gasteiger partial charge on any atom is -0.622 e. The van der Waals surface area contributed by atoms with Crippen LogP contribution in [0.5, 0.6) is 0 Å². The normalized spacial score (nSPS) is 25.1. The molecule has 1 aliphatic rings. The summed E-state index contributed by atoms with van der Waals surface area (Å²) in [6.45, 7) is 5.22. The molecule has 1 aromatic rings. The summed E-state index contributed by atoms with van der Waals surface area (Å²) in [5, 5.41) is 23.1. The molecule has 0 fully saturated rings. The number of nitrogens with zero attached hydrogens (tertiary/aromatic N) is 2. The molecule has 0 saturated heterocycles. The van der Waals surface area contributed by atoms with Gasteiger partial charge in [-0.25, -0.2) is 0 Å². The van der Waals surface area contributed by atoms with E-state index < -0.39 is 5.66 Å². The molecule has 1 N–H and O–H groups in total. The first-order valence-corrected chi connectivity index (χ1v) is 5.34. The molecule has 2 rings (SSSR count). The van der Waals surface area contributed by atoms with Crippen LogP contribution >= 0.6 is 0 Å². The fourth-order valence-corrected chi connectivity index (χ4v) is 2.11. The minimum atomic E-state index is -0.912. The molecular formula is C12H16N2O2. The fraction of sp³-hybridized carbons (Fsp3) is 0.417. The van der Waals surface area contributed by atoms with Crippen molar-refractivity contribution in [2.45, 2.75) is 32.5 Å². The van der Waals surface area contributed by atoms with Gasteiger partial charge in [-0.05, 0) is 19.1 Å². The smallest absolute Gasteiger partial charge is 0.245 e. The maximum Gasteiger partial charge on any atom is 0.245 e. The van der Waals surface area contributed by atoms with Crippen molar-refractivity contribution >= 4 is 5.71 Å². The summed E-state index contributed by atoms with van der Waals surface area (Å²) < 4.78 is 0.882. The minimum absolute atomic E-state index is 0.296. The molecule has 0 unspecified atom stereocenters. The van der Waals surface area contributed by atoms with E-state index in [0.717, 1.165) is 15.4 Å². The maximum absolute atomic E-state index is 12.1. The van der Waals surface area contributed by atoms with Gasteiger partial charge in [0.05, 0.1) is 0 Å². The van der Waals surface area contributed by atoms with Crippen LogP contribution in [0.3, 0.4) is 0 Å². The Hall–Kier alpha value is -1.39. The highest BCUT2D eigenvalue weighted by atomic mass is 16.6. The van der Waals surface area contributed by atoms with Crippen LogP contribution in [-0.4, -0.2) is 32.4 Å². The van der Waals surface area contributed by atoms with Crippen LogP contribution in [0, 0.1) is 5.21 Å². The first-order valence-electron chi connectivity index (χ1n) is 5.34. The molecule has 1 atom stereocenters. The molecule has 1 aliphatic heterocycles. The number of hydrogen-bond donors (Lipinski definition) is 1. The summed E-state index contributed by atoms with van der Waals surface area (Å²) in [5.41, 5.74) is 0.549. The van der Waals surface area contributed by atoms with Crippen molar-refractivity contribution in [2.75, 3.05) is 0 Å². The number of hydroxylamine groups is 3. The molecule has 0 amide bonds. The van der Waals surface area contributed by atoms with Gasteiger partial charge >= 0.3 is 0 Å². The number of hydrogen-bond acceptors (Lipinski definition) is 3. The van der Waals surface area contributed by atoms with E-state index in [1.54, 1.807) is 13.8 Å². The lowest BCUT2D eigenvalue weighted by atomic mass is 10.1. The molecule has 86 valence electrons. The number of rotatable bonds is 1. The van der Waals surface area contributed by atoms with Crippen LogP contribution in [0.1, 0.15) is 26.3 Å². The van der Waals surface area contributed by atoms with Crippen molar-refractivity contribution in [3.8, 4) is 0 Å². The van der Waals surface area contributed by atoms with Crippen molar-refractivity contribution in [2.24, 2.45) is 0 Å². The van der Waals surface area contributed by atoms with Crippen molar-refractivity contribution in [3.05, 3.63) is 41.1 Å². The summed E-state index contributed by atoms with van der Waals surface area (Å²) in [6.07, 6.45) is 0. The Balaban J connectivity index is 2.53. The van der Waals surface area contributed by atoms with Crippen molar-refractivity contribution < 1.29 is 9.95 Å². The molecule has 1 aromatic carbocycles. The predicted octanol–water partition coefficient (Wildman–Crippen LogP) is 1.82. The van der Waals surface area contributed by atoms with Gasteiger partial charge in [-0.1, -0.05) is 18.2 Å². The third kappa shape index (κ3) is 1.42. The monoisotopic (exact) mass is 220 g/mol. The molecular weight excluding hydrogens is 204 g/mol. The first-order chi connectivity index (χ1) is 7.46. The van der Waals surface area contributed by atoms with Gasteiger partial charge in [0, 0.05) is 19.4 Å². The van der Waals surface area contributed by atoms with Gasteiger partial charge in [0.2, 0.25) is 11.4 Å². The second-order valence-corrected chi connectivity index (χ2v) is 4.56. The van der Waals surface area contributed by atoms with Crippen molar-refractivity contribution in [1.82, 2.24) is 5.06 Å². The molecule has 1 heterocycles. The molecule has 0 bridgehead atoms. The second-order valence-electron chi connectivity index (χ2n) is 4.56. The Morgan fingerprint density at radius 2 is 1.88 bits per heavy atom. The average Bonchev–Trinajstić information content (AvgIpc) is 2.42. The van der Waals surface area contributed by atoms with Crippen molar-refractivity contribution in [1.29, 1.82) is 0 Å². The SMILES string of the molecule is C[C@@H]1C(c2ccccc2)=[N+]([O-])C(C)(C)N1O. The largest absolute Gasteiger partial charge is 0.622 e. The van der Waals surface area contributed by atoms with E-state index in [4.69, 9.17) is 0 Å². The third-order valence-electron chi connectivity index (χ3n) is 3.11. The lowest BCUT2D eigenvalue weighted by molar-refractivity contribution is -0.579. The predicted molar refractivity (Wildman–Crippen MR) is 61.3 cm³/mol. The Labute approximate surface area is 95.0 Å². The van der Waals surface area contributed by atoms with E-state index in [0.29, 0.717) is 5.71 Å². The van der Waals surface area contributed by atoms with Gasteiger partial charge in [-0.2, -0.15) is 4.74 Å². The van der Waals surface area contributed by atoms with E-state index in [1.807, 2.05) is 37.3 Å². The summed E-state index contributed by atoms with van der Waals surface area (Å²) in [5.74, 6) is 0. The zero-order valence-electron chi connectivity index (χ0n) is 9.71. The van der Waals surface area contributed by atoms with E-state index in [2.05, 4.69) is 0 Å². The lowest BCUT2D eigenvalue weighted by Crippen LogP contribution is -2.45. The molecule has 0 spiro atoms. The van der Waals surface area contributed by atoms with Crippen LogP contribution in [0.15, 0.2) is 30.3 Å². The average molecular weight is 220 g/mol. The Morgan fingerprint density at radius 3 is 2.31 bits per heavy atom. The molecule has 0 aliphatic carbocycles. The molecule has 0 aromatic heterocycles. The van der Waals surface area contributed by atoms with Gasteiger partial charge in [0.15, 0.2) is 0 Å². The maximum atomic E-state index is 12.1.